The summed E-state index contributed by atoms with van der Waals surface area (Å²) in [7, 11) is 0. The molecule has 3 aromatic carbocycles. The first kappa shape index (κ1) is 21.1. The number of nitrogens with zero attached hydrogens (tertiary/aromatic N) is 3. The van der Waals surface area contributed by atoms with E-state index < -0.39 is 12.2 Å². The lowest BCUT2D eigenvalue weighted by atomic mass is 9.97. The third-order valence-electron chi connectivity index (χ3n) is 4.86. The lowest BCUT2D eigenvalue weighted by molar-refractivity contribution is -0.134. The van der Waals surface area contributed by atoms with Crippen LogP contribution in [-0.4, -0.2) is 12.2 Å². The zero-order valence-electron chi connectivity index (χ0n) is 15.8. The van der Waals surface area contributed by atoms with E-state index in [1.807, 2.05) is 6.07 Å². The number of anilines is 2. The van der Waals surface area contributed by atoms with E-state index in [0.717, 1.165) is 5.01 Å². The van der Waals surface area contributed by atoms with Crippen molar-refractivity contribution in [2.45, 2.75) is 12.2 Å². The molecule has 4 rings (SSSR count). The van der Waals surface area contributed by atoms with Crippen LogP contribution in [0.2, 0.25) is 10.0 Å². The summed E-state index contributed by atoms with van der Waals surface area (Å²) in [6.45, 7) is 0. The molecule has 0 fully saturated rings. The Hall–Kier alpha value is -3.14. The Morgan fingerprint density at radius 2 is 1.32 bits per heavy atom. The number of alkyl halides is 3. The molecule has 0 spiro atoms. The summed E-state index contributed by atoms with van der Waals surface area (Å²) in [5.74, 6) is 0. The highest BCUT2D eigenvalue weighted by Crippen LogP contribution is 2.47. The molecule has 0 saturated carbocycles. The van der Waals surface area contributed by atoms with Gasteiger partial charge in [-0.25, -0.2) is 5.01 Å². The molecule has 1 atom stereocenters. The van der Waals surface area contributed by atoms with Crippen LogP contribution in [0.15, 0.2) is 84.6 Å². The number of nitriles is 1. The minimum Gasteiger partial charge on any atom is -0.263 e. The molecular weight excluding hydrogens is 446 g/mol. The maximum absolute atomic E-state index is 14.5. The lowest BCUT2D eigenvalue weighted by Crippen LogP contribution is -2.50. The predicted octanol–water partition coefficient (Wildman–Crippen LogP) is 7.10. The topological polar surface area (TPSA) is 30.3 Å². The Kier molecular flexibility index (Phi) is 5.57. The van der Waals surface area contributed by atoms with E-state index in [1.165, 1.54) is 53.5 Å². The van der Waals surface area contributed by atoms with Crippen LogP contribution in [0.5, 0.6) is 0 Å². The smallest absolute Gasteiger partial charge is 0.263 e. The molecule has 0 N–H and O–H groups in total. The van der Waals surface area contributed by atoms with Crippen molar-refractivity contribution < 1.29 is 13.2 Å². The van der Waals surface area contributed by atoms with Gasteiger partial charge in [-0.1, -0.05) is 53.5 Å². The van der Waals surface area contributed by atoms with E-state index in [2.05, 4.69) is 0 Å². The van der Waals surface area contributed by atoms with E-state index in [9.17, 15) is 18.4 Å². The number of rotatable bonds is 3. The lowest BCUT2D eigenvalue weighted by Gasteiger charge is -2.37. The van der Waals surface area contributed by atoms with E-state index in [4.69, 9.17) is 23.2 Å². The Morgan fingerprint density at radius 3 is 1.84 bits per heavy atom. The standard InChI is InChI=1S/C23H14Cl2F3N3/c24-16-8-6-15(7-9-16)21-20(14-29)30(18-4-2-1-3-5-18)31(22(21)23(26,27)28)19-12-10-17(25)11-13-19/h1-13,22H. The predicted molar refractivity (Wildman–Crippen MR) is 117 cm³/mol. The number of benzene rings is 3. The van der Waals surface area contributed by atoms with Gasteiger partial charge in [0.1, 0.15) is 11.8 Å². The number of hydrogen-bond donors (Lipinski definition) is 0. The molecule has 1 aliphatic heterocycles. The molecule has 0 aliphatic carbocycles. The van der Waals surface area contributed by atoms with Crippen LogP contribution in [0.4, 0.5) is 24.5 Å². The zero-order valence-corrected chi connectivity index (χ0v) is 17.3. The fourth-order valence-corrected chi connectivity index (χ4v) is 3.86. The first-order chi connectivity index (χ1) is 14.8. The van der Waals surface area contributed by atoms with Crippen LogP contribution in [0.1, 0.15) is 5.56 Å². The van der Waals surface area contributed by atoms with Crippen molar-refractivity contribution >= 4 is 40.1 Å². The Labute approximate surface area is 187 Å². The van der Waals surface area contributed by atoms with Gasteiger partial charge < -0.3 is 0 Å². The van der Waals surface area contributed by atoms with Crippen molar-refractivity contribution in [1.82, 2.24) is 0 Å². The second-order valence-electron chi connectivity index (χ2n) is 6.79. The van der Waals surface area contributed by atoms with Crippen LogP contribution < -0.4 is 10.0 Å². The highest BCUT2D eigenvalue weighted by atomic mass is 35.5. The summed E-state index contributed by atoms with van der Waals surface area (Å²) < 4.78 is 43.6. The van der Waals surface area contributed by atoms with Gasteiger partial charge >= 0.3 is 6.18 Å². The van der Waals surface area contributed by atoms with Crippen molar-refractivity contribution in [3.05, 3.63) is 100 Å². The monoisotopic (exact) mass is 459 g/mol. The SMILES string of the molecule is N#CC1=C(c2ccc(Cl)cc2)C(C(F)(F)F)N(c2ccc(Cl)cc2)N1c1ccccc1. The number of hydrogen-bond acceptors (Lipinski definition) is 3. The fraction of sp³-hybridized carbons (Fsp3) is 0.0870. The average molecular weight is 460 g/mol. The van der Waals surface area contributed by atoms with Gasteiger partial charge in [0.15, 0.2) is 6.04 Å². The van der Waals surface area contributed by atoms with Gasteiger partial charge in [0.05, 0.1) is 11.4 Å². The molecule has 0 bridgehead atoms. The summed E-state index contributed by atoms with van der Waals surface area (Å²) >= 11 is 11.9. The van der Waals surface area contributed by atoms with E-state index >= 15 is 0 Å². The Morgan fingerprint density at radius 1 is 0.774 bits per heavy atom. The first-order valence-electron chi connectivity index (χ1n) is 9.18. The second kappa shape index (κ2) is 8.18. The second-order valence-corrected chi connectivity index (χ2v) is 7.67. The van der Waals surface area contributed by atoms with Gasteiger partial charge in [-0.3, -0.25) is 5.01 Å². The van der Waals surface area contributed by atoms with Crippen molar-refractivity contribution in [1.29, 1.82) is 5.26 Å². The molecule has 1 unspecified atom stereocenters. The molecule has 156 valence electrons. The highest BCUT2D eigenvalue weighted by molar-refractivity contribution is 6.30. The summed E-state index contributed by atoms with van der Waals surface area (Å²) in [5, 5.41) is 13.1. The molecule has 1 heterocycles. The summed E-state index contributed by atoms with van der Waals surface area (Å²) in [5.41, 5.74) is 0.663. The molecule has 3 aromatic rings. The molecule has 0 radical (unpaired) electrons. The Balaban J connectivity index is 2.01. The number of allylic oxidation sites excluding steroid dienone is 1. The molecule has 31 heavy (non-hydrogen) atoms. The third-order valence-corrected chi connectivity index (χ3v) is 5.37. The quantitative estimate of drug-likeness (QED) is 0.418. The molecule has 3 nitrogen and oxygen atoms in total. The van der Waals surface area contributed by atoms with Crippen molar-refractivity contribution in [3.63, 3.8) is 0 Å². The molecule has 0 saturated heterocycles. The van der Waals surface area contributed by atoms with E-state index in [0.29, 0.717) is 15.7 Å². The first-order valence-corrected chi connectivity index (χ1v) is 9.93. The fourth-order valence-electron chi connectivity index (χ4n) is 3.60. The van der Waals surface area contributed by atoms with Crippen LogP contribution in [0.25, 0.3) is 5.57 Å². The van der Waals surface area contributed by atoms with Gasteiger partial charge in [0, 0.05) is 15.6 Å². The minimum absolute atomic E-state index is 0.120. The van der Waals surface area contributed by atoms with Gasteiger partial charge in [-0.05, 0) is 54.1 Å². The highest BCUT2D eigenvalue weighted by Gasteiger charge is 2.54. The normalized spacial score (nSPS) is 16.6. The van der Waals surface area contributed by atoms with Gasteiger partial charge in [0.2, 0.25) is 0 Å². The summed E-state index contributed by atoms with van der Waals surface area (Å²) in [6.07, 6.45) is -4.68. The maximum Gasteiger partial charge on any atom is 0.415 e. The average Bonchev–Trinajstić information content (AvgIpc) is 3.11. The Bertz CT molecular complexity index is 1150. The molecular formula is C23H14Cl2F3N3. The van der Waals surface area contributed by atoms with Crippen molar-refractivity contribution in [3.8, 4) is 6.07 Å². The summed E-state index contributed by atoms with van der Waals surface area (Å²) in [4.78, 5) is 0. The zero-order chi connectivity index (χ0) is 22.2. The van der Waals surface area contributed by atoms with Gasteiger partial charge in [-0.15, -0.1) is 0 Å². The molecule has 8 heteroatoms. The number of halogens is 5. The van der Waals surface area contributed by atoms with Crippen molar-refractivity contribution in [2.24, 2.45) is 0 Å². The summed E-state index contributed by atoms with van der Waals surface area (Å²) in [6, 6.07) is 20.4. The van der Waals surface area contributed by atoms with Crippen LogP contribution >= 0.6 is 23.2 Å². The molecule has 0 amide bonds. The largest absolute Gasteiger partial charge is 0.415 e. The van der Waals surface area contributed by atoms with E-state index in [-0.39, 0.29) is 22.5 Å². The van der Waals surface area contributed by atoms with Gasteiger partial charge in [-0.2, -0.15) is 18.4 Å². The minimum atomic E-state index is -4.68. The van der Waals surface area contributed by atoms with Gasteiger partial charge in [0.25, 0.3) is 0 Å². The molecule has 1 aliphatic rings. The number of hydrazine groups is 1. The molecule has 0 aromatic heterocycles. The maximum atomic E-state index is 14.5. The van der Waals surface area contributed by atoms with Crippen LogP contribution in [0.3, 0.4) is 0 Å². The van der Waals surface area contributed by atoms with Crippen LogP contribution in [0, 0.1) is 11.3 Å². The van der Waals surface area contributed by atoms with Crippen molar-refractivity contribution in [2.75, 3.05) is 10.0 Å². The third kappa shape index (κ3) is 3.95. The van der Waals surface area contributed by atoms with E-state index in [1.54, 1.807) is 30.3 Å². The van der Waals surface area contributed by atoms with Crippen LogP contribution in [-0.2, 0) is 0 Å². The number of para-hydroxylation sites is 1.